The maximum Gasteiger partial charge on any atom is 0.251 e. The van der Waals surface area contributed by atoms with Crippen LogP contribution >= 0.6 is 0 Å². The molecule has 3 nitrogen and oxygen atoms in total. The van der Waals surface area contributed by atoms with Gasteiger partial charge in [-0.25, -0.2) is 0 Å². The van der Waals surface area contributed by atoms with Gasteiger partial charge < -0.3 is 5.32 Å². The van der Waals surface area contributed by atoms with Crippen molar-refractivity contribution < 1.29 is 4.79 Å². The van der Waals surface area contributed by atoms with E-state index in [1.807, 2.05) is 49.4 Å². The van der Waals surface area contributed by atoms with Crippen LogP contribution in [0.5, 0.6) is 0 Å². The molecule has 1 saturated heterocycles. The molecule has 4 rings (SSSR count). The minimum absolute atomic E-state index is 0.00874. The zero-order chi connectivity index (χ0) is 21.5. The molecule has 0 spiro atoms. The lowest BCUT2D eigenvalue weighted by atomic mass is 9.90. The molecule has 31 heavy (non-hydrogen) atoms. The van der Waals surface area contributed by atoms with Crippen molar-refractivity contribution in [2.24, 2.45) is 5.92 Å². The summed E-state index contributed by atoms with van der Waals surface area (Å²) in [6.07, 6.45) is 3.71. The minimum atomic E-state index is -0.0235. The Balaban J connectivity index is 1.25. The van der Waals surface area contributed by atoms with Crippen LogP contribution in [-0.2, 0) is 13.0 Å². The van der Waals surface area contributed by atoms with Crippen molar-refractivity contribution in [1.29, 1.82) is 0 Å². The van der Waals surface area contributed by atoms with Crippen molar-refractivity contribution in [3.8, 4) is 0 Å². The van der Waals surface area contributed by atoms with Crippen LogP contribution in [0.4, 0.5) is 0 Å². The summed E-state index contributed by atoms with van der Waals surface area (Å²) in [6.45, 7) is 5.27. The molecule has 1 fully saturated rings. The van der Waals surface area contributed by atoms with E-state index < -0.39 is 0 Å². The van der Waals surface area contributed by atoms with E-state index in [0.29, 0.717) is 5.56 Å². The van der Waals surface area contributed by atoms with Crippen molar-refractivity contribution in [2.75, 3.05) is 13.1 Å². The van der Waals surface area contributed by atoms with E-state index in [1.165, 1.54) is 30.4 Å². The van der Waals surface area contributed by atoms with Crippen LogP contribution in [0.1, 0.15) is 52.9 Å². The standard InChI is InChI=1S/C28H32N2O/c1-22(26-10-6-3-7-11-26)29-28(31)27-14-12-25(13-15-27)21-30-18-16-24(17-19-30)20-23-8-4-2-5-9-23/h2-15,22,24H,16-21H2,1H3,(H,29,31). The van der Waals surface area contributed by atoms with E-state index in [9.17, 15) is 4.79 Å². The summed E-state index contributed by atoms with van der Waals surface area (Å²) in [5.74, 6) is 0.765. The number of likely N-dealkylation sites (tertiary alicyclic amines) is 1. The van der Waals surface area contributed by atoms with Crippen LogP contribution in [0.15, 0.2) is 84.9 Å². The molecule has 3 aromatic carbocycles. The molecule has 3 aromatic rings. The summed E-state index contributed by atoms with van der Waals surface area (Å²) in [6, 6.07) is 29.0. The molecule has 0 radical (unpaired) electrons. The predicted octanol–water partition coefficient (Wildman–Crippen LogP) is 5.63. The third-order valence-electron chi connectivity index (χ3n) is 6.34. The maximum absolute atomic E-state index is 12.6. The molecule has 0 saturated carbocycles. The Morgan fingerprint density at radius 2 is 1.48 bits per heavy atom. The Kier molecular flexibility index (Phi) is 7.16. The molecular formula is C28H32N2O. The molecule has 3 heteroatoms. The lowest BCUT2D eigenvalue weighted by Crippen LogP contribution is -2.33. The molecule has 1 aliphatic rings. The average molecular weight is 413 g/mol. The summed E-state index contributed by atoms with van der Waals surface area (Å²) < 4.78 is 0. The van der Waals surface area contributed by atoms with Crippen LogP contribution in [-0.4, -0.2) is 23.9 Å². The van der Waals surface area contributed by atoms with Gasteiger partial charge in [0.15, 0.2) is 0 Å². The zero-order valence-corrected chi connectivity index (χ0v) is 18.3. The van der Waals surface area contributed by atoms with E-state index in [2.05, 4.69) is 52.7 Å². The van der Waals surface area contributed by atoms with Crippen LogP contribution in [0.25, 0.3) is 0 Å². The van der Waals surface area contributed by atoms with Gasteiger partial charge in [-0.2, -0.15) is 0 Å². The van der Waals surface area contributed by atoms with Crippen LogP contribution in [0, 0.1) is 5.92 Å². The number of rotatable bonds is 7. The number of amides is 1. The van der Waals surface area contributed by atoms with Gasteiger partial charge in [-0.1, -0.05) is 72.8 Å². The summed E-state index contributed by atoms with van der Waals surface area (Å²) in [4.78, 5) is 15.1. The van der Waals surface area contributed by atoms with Crippen molar-refractivity contribution >= 4 is 5.91 Å². The highest BCUT2D eigenvalue weighted by molar-refractivity contribution is 5.94. The van der Waals surface area contributed by atoms with E-state index in [0.717, 1.165) is 31.1 Å². The summed E-state index contributed by atoms with van der Waals surface area (Å²) in [7, 11) is 0. The number of hydrogen-bond donors (Lipinski definition) is 1. The summed E-state index contributed by atoms with van der Waals surface area (Å²) in [5, 5.41) is 3.09. The summed E-state index contributed by atoms with van der Waals surface area (Å²) in [5.41, 5.74) is 4.56. The minimum Gasteiger partial charge on any atom is -0.346 e. The molecule has 1 atom stereocenters. The Labute approximate surface area is 186 Å². The first-order valence-corrected chi connectivity index (χ1v) is 11.4. The van der Waals surface area contributed by atoms with Gasteiger partial charge in [-0.05, 0) is 74.0 Å². The SMILES string of the molecule is CC(NC(=O)c1ccc(CN2CCC(Cc3ccccc3)CC2)cc1)c1ccccc1. The second kappa shape index (κ2) is 10.4. The van der Waals surface area contributed by atoms with Gasteiger partial charge in [0.1, 0.15) is 0 Å². The van der Waals surface area contributed by atoms with Gasteiger partial charge in [-0.3, -0.25) is 9.69 Å². The number of nitrogens with zero attached hydrogens (tertiary/aromatic N) is 1. The van der Waals surface area contributed by atoms with E-state index in [1.54, 1.807) is 0 Å². The predicted molar refractivity (Wildman–Crippen MR) is 127 cm³/mol. The largest absolute Gasteiger partial charge is 0.346 e. The molecule has 1 heterocycles. The lowest BCUT2D eigenvalue weighted by Gasteiger charge is -2.32. The Morgan fingerprint density at radius 1 is 0.871 bits per heavy atom. The topological polar surface area (TPSA) is 32.3 Å². The zero-order valence-electron chi connectivity index (χ0n) is 18.3. The second-order valence-corrected chi connectivity index (χ2v) is 8.71. The number of carbonyl (C=O) groups excluding carboxylic acids is 1. The normalized spacial score (nSPS) is 16.0. The fourth-order valence-corrected chi connectivity index (χ4v) is 4.42. The molecular weight excluding hydrogens is 380 g/mol. The molecule has 1 aliphatic heterocycles. The molecule has 1 N–H and O–H groups in total. The van der Waals surface area contributed by atoms with Gasteiger partial charge in [0.2, 0.25) is 0 Å². The third-order valence-corrected chi connectivity index (χ3v) is 6.34. The Hall–Kier alpha value is -2.91. The molecule has 0 bridgehead atoms. The molecule has 1 amide bonds. The number of benzene rings is 3. The molecule has 0 aromatic heterocycles. The Morgan fingerprint density at radius 3 is 2.13 bits per heavy atom. The Bertz CT molecular complexity index is 945. The first kappa shape index (κ1) is 21.3. The second-order valence-electron chi connectivity index (χ2n) is 8.71. The van der Waals surface area contributed by atoms with Crippen LogP contribution in [0.2, 0.25) is 0 Å². The molecule has 0 aliphatic carbocycles. The third kappa shape index (κ3) is 6.05. The van der Waals surface area contributed by atoms with Gasteiger partial charge in [0.05, 0.1) is 6.04 Å². The van der Waals surface area contributed by atoms with Gasteiger partial charge in [0, 0.05) is 12.1 Å². The van der Waals surface area contributed by atoms with Crippen LogP contribution < -0.4 is 5.32 Å². The van der Waals surface area contributed by atoms with Crippen LogP contribution in [0.3, 0.4) is 0 Å². The first-order valence-electron chi connectivity index (χ1n) is 11.4. The number of carbonyl (C=O) groups is 1. The van der Waals surface area contributed by atoms with E-state index >= 15 is 0 Å². The van der Waals surface area contributed by atoms with E-state index in [-0.39, 0.29) is 11.9 Å². The average Bonchev–Trinajstić information content (AvgIpc) is 2.82. The smallest absolute Gasteiger partial charge is 0.251 e. The highest BCUT2D eigenvalue weighted by Gasteiger charge is 2.19. The fourth-order valence-electron chi connectivity index (χ4n) is 4.42. The summed E-state index contributed by atoms with van der Waals surface area (Å²) >= 11 is 0. The first-order chi connectivity index (χ1) is 15.2. The maximum atomic E-state index is 12.6. The van der Waals surface area contributed by atoms with Gasteiger partial charge >= 0.3 is 0 Å². The fraction of sp³-hybridized carbons (Fsp3) is 0.321. The molecule has 160 valence electrons. The quantitative estimate of drug-likeness (QED) is 0.545. The highest BCUT2D eigenvalue weighted by atomic mass is 16.1. The van der Waals surface area contributed by atoms with E-state index in [4.69, 9.17) is 0 Å². The number of piperidine rings is 1. The van der Waals surface area contributed by atoms with Crippen molar-refractivity contribution in [2.45, 2.75) is 38.8 Å². The van der Waals surface area contributed by atoms with Crippen molar-refractivity contribution in [3.63, 3.8) is 0 Å². The lowest BCUT2D eigenvalue weighted by molar-refractivity contribution is 0.0940. The molecule has 1 unspecified atom stereocenters. The van der Waals surface area contributed by atoms with Crippen molar-refractivity contribution in [3.05, 3.63) is 107 Å². The number of nitrogens with one attached hydrogen (secondary N) is 1. The monoisotopic (exact) mass is 412 g/mol. The van der Waals surface area contributed by atoms with Crippen molar-refractivity contribution in [1.82, 2.24) is 10.2 Å². The van der Waals surface area contributed by atoms with Gasteiger partial charge in [-0.15, -0.1) is 0 Å². The highest BCUT2D eigenvalue weighted by Crippen LogP contribution is 2.23. The number of hydrogen-bond acceptors (Lipinski definition) is 2. The van der Waals surface area contributed by atoms with Gasteiger partial charge in [0.25, 0.3) is 5.91 Å².